The van der Waals surface area contributed by atoms with Crippen molar-refractivity contribution in [2.24, 2.45) is 0 Å². The Kier molecular flexibility index (Phi) is 11.2. The van der Waals surface area contributed by atoms with Crippen molar-refractivity contribution in [3.8, 4) is 5.75 Å². The van der Waals surface area contributed by atoms with E-state index in [4.69, 9.17) is 9.47 Å². The molecule has 2 rings (SSSR count). The molecule has 0 spiro atoms. The molecule has 0 saturated heterocycles. The highest BCUT2D eigenvalue weighted by molar-refractivity contribution is 6.04. The Bertz CT molecular complexity index is 745. The number of carbonyl (C=O) groups excluding carboxylic acids is 2. The first-order chi connectivity index (χ1) is 15.0. The lowest BCUT2D eigenvalue weighted by atomic mass is 10.0. The summed E-state index contributed by atoms with van der Waals surface area (Å²) in [5.41, 5.74) is 0.321. The van der Waals surface area contributed by atoms with Gasteiger partial charge in [-0.25, -0.2) is 0 Å². The molecule has 0 aromatic heterocycles. The summed E-state index contributed by atoms with van der Waals surface area (Å²) in [6.07, 6.45) is 3.82. The molecular weight excluding hydrogens is 404 g/mol. The summed E-state index contributed by atoms with van der Waals surface area (Å²) < 4.78 is 11.1. The standard InChI is InChI=1S/C23H36N2O4.C3H8/c1-8-17(4)25(16(2)3)21(26)18-11-12-20-19(15-18)24(13-9-10-14-28-7)22(27)23(5,6)29-20;1-3-2/h11-12,15-17H,8-10,13-14H2,1-7H3;3H2,1-2H3/t17-;/m1./s1. The van der Waals surface area contributed by atoms with Crippen molar-refractivity contribution in [1.82, 2.24) is 4.90 Å². The topological polar surface area (TPSA) is 59.1 Å². The van der Waals surface area contributed by atoms with Crippen LogP contribution in [0.25, 0.3) is 0 Å². The molecule has 0 unspecified atom stereocenters. The van der Waals surface area contributed by atoms with Gasteiger partial charge in [-0.1, -0.05) is 27.2 Å². The van der Waals surface area contributed by atoms with Crippen molar-refractivity contribution < 1.29 is 19.1 Å². The summed E-state index contributed by atoms with van der Waals surface area (Å²) in [6, 6.07) is 5.65. The number of fused-ring (bicyclic) bond motifs is 1. The van der Waals surface area contributed by atoms with E-state index in [1.807, 2.05) is 24.8 Å². The van der Waals surface area contributed by atoms with Gasteiger partial charge in [0.1, 0.15) is 5.75 Å². The number of carbonyl (C=O) groups is 2. The van der Waals surface area contributed by atoms with E-state index in [1.165, 1.54) is 6.42 Å². The lowest BCUT2D eigenvalue weighted by Gasteiger charge is -2.39. The van der Waals surface area contributed by atoms with Crippen LogP contribution < -0.4 is 9.64 Å². The molecule has 1 aromatic carbocycles. The van der Waals surface area contributed by atoms with Gasteiger partial charge in [0.15, 0.2) is 5.60 Å². The van der Waals surface area contributed by atoms with Gasteiger partial charge in [0.05, 0.1) is 5.69 Å². The zero-order valence-electron chi connectivity index (χ0n) is 21.7. The average Bonchev–Trinajstić information content (AvgIpc) is 2.73. The van der Waals surface area contributed by atoms with E-state index in [-0.39, 0.29) is 23.9 Å². The summed E-state index contributed by atoms with van der Waals surface area (Å²) in [6.45, 7) is 17.2. The minimum Gasteiger partial charge on any atom is -0.476 e. The first kappa shape index (κ1) is 28.0. The molecule has 6 nitrogen and oxygen atoms in total. The number of unbranched alkanes of at least 4 members (excludes halogenated alkanes) is 1. The maximum atomic E-state index is 13.3. The summed E-state index contributed by atoms with van der Waals surface area (Å²) in [7, 11) is 1.67. The van der Waals surface area contributed by atoms with Crippen molar-refractivity contribution in [3.05, 3.63) is 23.8 Å². The number of ether oxygens (including phenoxy) is 2. The third-order valence-electron chi connectivity index (χ3n) is 5.46. The highest BCUT2D eigenvalue weighted by atomic mass is 16.5. The quantitative estimate of drug-likeness (QED) is 0.456. The van der Waals surface area contributed by atoms with Crippen LogP contribution in [0, 0.1) is 0 Å². The smallest absolute Gasteiger partial charge is 0.270 e. The predicted octanol–water partition coefficient (Wildman–Crippen LogP) is 5.68. The molecule has 32 heavy (non-hydrogen) atoms. The second kappa shape index (κ2) is 12.8. The lowest BCUT2D eigenvalue weighted by molar-refractivity contribution is -0.132. The first-order valence-electron chi connectivity index (χ1n) is 12.0. The summed E-state index contributed by atoms with van der Waals surface area (Å²) in [5.74, 6) is 0.529. The zero-order chi connectivity index (χ0) is 24.5. The van der Waals surface area contributed by atoms with E-state index < -0.39 is 5.60 Å². The second-order valence-corrected chi connectivity index (χ2v) is 9.22. The Labute approximate surface area is 195 Å². The van der Waals surface area contributed by atoms with Crippen LogP contribution in [-0.4, -0.2) is 54.7 Å². The summed E-state index contributed by atoms with van der Waals surface area (Å²) in [5, 5.41) is 0. The van der Waals surface area contributed by atoms with E-state index >= 15 is 0 Å². The molecule has 2 amide bonds. The molecule has 1 aromatic rings. The molecule has 0 bridgehead atoms. The lowest BCUT2D eigenvalue weighted by Crippen LogP contribution is -2.53. The second-order valence-electron chi connectivity index (χ2n) is 9.22. The van der Waals surface area contributed by atoms with Crippen LogP contribution in [-0.2, 0) is 9.53 Å². The molecular formula is C26H44N2O4. The molecule has 6 heteroatoms. The normalized spacial score (nSPS) is 15.4. The van der Waals surface area contributed by atoms with Gasteiger partial charge in [0, 0.05) is 37.9 Å². The van der Waals surface area contributed by atoms with Crippen molar-refractivity contribution >= 4 is 17.5 Å². The molecule has 0 N–H and O–H groups in total. The highest BCUT2D eigenvalue weighted by Gasteiger charge is 2.41. The van der Waals surface area contributed by atoms with Gasteiger partial charge < -0.3 is 19.3 Å². The van der Waals surface area contributed by atoms with Crippen LogP contribution >= 0.6 is 0 Å². The van der Waals surface area contributed by atoms with E-state index in [1.54, 1.807) is 38.0 Å². The Balaban J connectivity index is 0.00000161. The first-order valence-corrected chi connectivity index (χ1v) is 12.0. The highest BCUT2D eigenvalue weighted by Crippen LogP contribution is 2.39. The number of anilines is 1. The Morgan fingerprint density at radius 2 is 1.78 bits per heavy atom. The van der Waals surface area contributed by atoms with Gasteiger partial charge in [-0.05, 0) is 72.1 Å². The van der Waals surface area contributed by atoms with Crippen LogP contribution in [0.15, 0.2) is 18.2 Å². The predicted molar refractivity (Wildman–Crippen MR) is 132 cm³/mol. The number of amides is 2. The Morgan fingerprint density at radius 3 is 2.31 bits per heavy atom. The van der Waals surface area contributed by atoms with Crippen molar-refractivity contribution in [3.63, 3.8) is 0 Å². The molecule has 0 saturated carbocycles. The minimum absolute atomic E-state index is 0.0197. The Morgan fingerprint density at radius 1 is 1.16 bits per heavy atom. The Hall–Kier alpha value is -2.08. The fourth-order valence-electron chi connectivity index (χ4n) is 3.73. The van der Waals surface area contributed by atoms with E-state index in [0.29, 0.717) is 30.2 Å². The largest absolute Gasteiger partial charge is 0.476 e. The van der Waals surface area contributed by atoms with Gasteiger partial charge in [-0.15, -0.1) is 0 Å². The monoisotopic (exact) mass is 448 g/mol. The van der Waals surface area contributed by atoms with E-state index in [9.17, 15) is 9.59 Å². The van der Waals surface area contributed by atoms with Gasteiger partial charge in [0.25, 0.3) is 11.8 Å². The third-order valence-corrected chi connectivity index (χ3v) is 5.46. The molecule has 0 radical (unpaired) electrons. The molecule has 1 aliphatic heterocycles. The fourth-order valence-corrected chi connectivity index (χ4v) is 3.73. The van der Waals surface area contributed by atoms with Crippen LogP contribution in [0.1, 0.15) is 91.4 Å². The van der Waals surface area contributed by atoms with Crippen LogP contribution in [0.2, 0.25) is 0 Å². The van der Waals surface area contributed by atoms with Gasteiger partial charge in [-0.2, -0.15) is 0 Å². The molecule has 0 aliphatic carbocycles. The number of hydrogen-bond donors (Lipinski definition) is 0. The molecule has 1 aliphatic rings. The minimum atomic E-state index is -0.930. The van der Waals surface area contributed by atoms with Gasteiger partial charge in [0.2, 0.25) is 0 Å². The van der Waals surface area contributed by atoms with Gasteiger partial charge >= 0.3 is 0 Å². The average molecular weight is 449 g/mol. The number of benzene rings is 1. The van der Waals surface area contributed by atoms with E-state index in [2.05, 4.69) is 27.7 Å². The number of rotatable bonds is 9. The van der Waals surface area contributed by atoms with Gasteiger partial charge in [-0.3, -0.25) is 9.59 Å². The van der Waals surface area contributed by atoms with Crippen molar-refractivity contribution in [2.75, 3.05) is 25.2 Å². The molecule has 182 valence electrons. The number of hydrogen-bond acceptors (Lipinski definition) is 4. The SMILES string of the molecule is CCC.CC[C@@H](C)N(C(=O)c1ccc2c(c1)N(CCCCOC)C(=O)C(C)(C)O2)C(C)C. The maximum absolute atomic E-state index is 13.3. The zero-order valence-corrected chi connectivity index (χ0v) is 21.7. The number of nitrogens with zero attached hydrogens (tertiary/aromatic N) is 2. The third kappa shape index (κ3) is 6.96. The summed E-state index contributed by atoms with van der Waals surface area (Å²) in [4.78, 5) is 29.9. The molecule has 0 fully saturated rings. The fraction of sp³-hybridized carbons (Fsp3) is 0.692. The van der Waals surface area contributed by atoms with Crippen molar-refractivity contribution in [1.29, 1.82) is 0 Å². The van der Waals surface area contributed by atoms with Crippen LogP contribution in [0.3, 0.4) is 0 Å². The maximum Gasteiger partial charge on any atom is 0.270 e. The number of methoxy groups -OCH3 is 1. The van der Waals surface area contributed by atoms with Crippen LogP contribution in [0.4, 0.5) is 5.69 Å². The molecule has 1 atom stereocenters. The summed E-state index contributed by atoms with van der Waals surface area (Å²) >= 11 is 0. The molecule has 1 heterocycles. The van der Waals surface area contributed by atoms with Crippen molar-refractivity contribution in [2.45, 2.75) is 98.8 Å². The van der Waals surface area contributed by atoms with E-state index in [0.717, 1.165) is 19.3 Å². The van der Waals surface area contributed by atoms with Crippen LogP contribution in [0.5, 0.6) is 5.75 Å².